The lowest BCUT2D eigenvalue weighted by Gasteiger charge is -2.47. The Bertz CT molecular complexity index is 1170. The molecule has 2 aromatic rings. The molecule has 38 heavy (non-hydrogen) atoms. The van der Waals surface area contributed by atoms with E-state index in [1.54, 1.807) is 13.2 Å². The second-order valence-corrected chi connectivity index (χ2v) is 11.2. The van der Waals surface area contributed by atoms with Crippen molar-refractivity contribution in [1.82, 2.24) is 20.0 Å². The van der Waals surface area contributed by atoms with Crippen molar-refractivity contribution in [1.29, 1.82) is 0 Å². The van der Waals surface area contributed by atoms with E-state index in [9.17, 15) is 9.59 Å². The zero-order valence-electron chi connectivity index (χ0n) is 21.7. The molecule has 3 aliphatic heterocycles. The Morgan fingerprint density at radius 2 is 1.87 bits per heavy atom. The molecule has 2 N–H and O–H groups in total. The van der Waals surface area contributed by atoms with E-state index in [-0.39, 0.29) is 18.1 Å². The molecule has 0 aliphatic carbocycles. The third-order valence-electron chi connectivity index (χ3n) is 7.95. The monoisotopic (exact) mass is 559 g/mol. The van der Waals surface area contributed by atoms with Gasteiger partial charge < -0.3 is 20.3 Å². The highest BCUT2D eigenvalue weighted by Gasteiger charge is 2.54. The second kappa shape index (κ2) is 11.8. The average Bonchev–Trinajstić information content (AvgIpc) is 3.18. The summed E-state index contributed by atoms with van der Waals surface area (Å²) in [6.45, 7) is 5.21. The van der Waals surface area contributed by atoms with Crippen LogP contribution < -0.4 is 10.6 Å². The van der Waals surface area contributed by atoms with Crippen LogP contribution in [0.2, 0.25) is 10.0 Å². The summed E-state index contributed by atoms with van der Waals surface area (Å²) in [5.74, 6) is -0.109. The molecular formula is C28H35Cl2N5O3. The van der Waals surface area contributed by atoms with E-state index in [2.05, 4.69) is 20.4 Å². The Hall–Kier alpha value is -2.36. The van der Waals surface area contributed by atoms with Gasteiger partial charge in [-0.15, -0.1) is 0 Å². The van der Waals surface area contributed by atoms with Gasteiger partial charge >= 0.3 is 6.03 Å². The van der Waals surface area contributed by atoms with Gasteiger partial charge in [-0.25, -0.2) is 4.79 Å². The number of halogens is 2. The van der Waals surface area contributed by atoms with Crippen LogP contribution >= 0.6 is 23.2 Å². The van der Waals surface area contributed by atoms with Gasteiger partial charge in [-0.3, -0.25) is 14.6 Å². The number of amides is 3. The van der Waals surface area contributed by atoms with Crippen LogP contribution in [0.25, 0.3) is 0 Å². The van der Waals surface area contributed by atoms with Gasteiger partial charge in [0.25, 0.3) is 0 Å². The smallest absolute Gasteiger partial charge is 0.318 e. The number of carbonyl (C=O) groups is 2. The molecule has 0 saturated carbocycles. The number of nitrogens with one attached hydrogen (secondary N) is 2. The fourth-order valence-electron chi connectivity index (χ4n) is 6.00. The van der Waals surface area contributed by atoms with Crippen LogP contribution in [0, 0.1) is 0 Å². The Morgan fingerprint density at radius 3 is 2.63 bits per heavy atom. The Balaban J connectivity index is 1.42. The van der Waals surface area contributed by atoms with E-state index in [0.717, 1.165) is 50.0 Å². The maximum absolute atomic E-state index is 13.9. The number of nitrogens with zero attached hydrogens (tertiary/aromatic N) is 3. The van der Waals surface area contributed by atoms with Gasteiger partial charge in [0.05, 0.1) is 12.8 Å². The van der Waals surface area contributed by atoms with Crippen LogP contribution in [0.4, 0.5) is 10.5 Å². The highest BCUT2D eigenvalue weighted by Crippen LogP contribution is 2.46. The molecule has 1 unspecified atom stereocenters. The van der Waals surface area contributed by atoms with Gasteiger partial charge in [-0.05, 0) is 49.1 Å². The number of carbonyl (C=O) groups excluding carboxylic acids is 2. The number of benzene rings is 2. The minimum absolute atomic E-state index is 0.0825. The van der Waals surface area contributed by atoms with Crippen LogP contribution in [-0.4, -0.2) is 85.8 Å². The number of piperidine rings is 1. The lowest BCUT2D eigenvalue weighted by atomic mass is 9.81. The molecule has 10 heteroatoms. The molecule has 3 heterocycles. The SMILES string of the molecule is COCCN1CCN(C(=O)NC2CCCCN2[C@]2(Cc3cccc(Cl)c3)C(=O)Nc3cc(Cl)ccc32)CC1. The Labute approximate surface area is 234 Å². The zero-order chi connectivity index (χ0) is 26.7. The fourth-order valence-corrected chi connectivity index (χ4v) is 6.39. The van der Waals surface area contributed by atoms with Crippen molar-refractivity contribution in [2.45, 2.75) is 37.4 Å². The Kier molecular flexibility index (Phi) is 8.45. The summed E-state index contributed by atoms with van der Waals surface area (Å²) in [5.41, 5.74) is 1.55. The highest BCUT2D eigenvalue weighted by molar-refractivity contribution is 6.31. The number of urea groups is 1. The van der Waals surface area contributed by atoms with E-state index < -0.39 is 5.54 Å². The van der Waals surface area contributed by atoms with Crippen molar-refractivity contribution >= 4 is 40.8 Å². The fraction of sp³-hybridized carbons (Fsp3) is 0.500. The molecule has 0 radical (unpaired) electrons. The van der Waals surface area contributed by atoms with Crippen molar-refractivity contribution in [3.05, 3.63) is 63.6 Å². The summed E-state index contributed by atoms with van der Waals surface area (Å²) >= 11 is 12.6. The van der Waals surface area contributed by atoms with Crippen LogP contribution in [0.3, 0.4) is 0 Å². The number of rotatable bonds is 7. The topological polar surface area (TPSA) is 77.2 Å². The van der Waals surface area contributed by atoms with Gasteiger partial charge in [0.15, 0.2) is 0 Å². The van der Waals surface area contributed by atoms with E-state index in [1.165, 1.54) is 0 Å². The normalized spacial score (nSPS) is 24.2. The van der Waals surface area contributed by atoms with Crippen molar-refractivity contribution in [2.75, 3.05) is 58.3 Å². The predicted octanol–water partition coefficient (Wildman–Crippen LogP) is 4.17. The van der Waals surface area contributed by atoms with Crippen LogP contribution in [-0.2, 0) is 21.5 Å². The summed E-state index contributed by atoms with van der Waals surface area (Å²) in [6.07, 6.45) is 2.84. The molecule has 0 bridgehead atoms. The summed E-state index contributed by atoms with van der Waals surface area (Å²) in [5, 5.41) is 7.57. The average molecular weight is 561 g/mol. The maximum atomic E-state index is 13.9. The summed E-state index contributed by atoms with van der Waals surface area (Å²) in [7, 11) is 1.70. The first-order chi connectivity index (χ1) is 18.4. The highest BCUT2D eigenvalue weighted by atomic mass is 35.5. The van der Waals surface area contributed by atoms with Gasteiger partial charge in [0.1, 0.15) is 5.54 Å². The number of hydrogen-bond donors (Lipinski definition) is 2. The molecule has 2 aromatic carbocycles. The van der Waals surface area contributed by atoms with Crippen LogP contribution in [0.15, 0.2) is 42.5 Å². The Morgan fingerprint density at radius 1 is 1.08 bits per heavy atom. The first-order valence-corrected chi connectivity index (χ1v) is 14.1. The van der Waals surface area contributed by atoms with E-state index in [1.807, 2.05) is 41.3 Å². The van der Waals surface area contributed by atoms with E-state index in [0.29, 0.717) is 48.4 Å². The maximum Gasteiger partial charge on any atom is 0.318 e. The first kappa shape index (κ1) is 27.2. The molecule has 3 amide bonds. The van der Waals surface area contributed by atoms with Crippen molar-refractivity contribution in [3.63, 3.8) is 0 Å². The molecule has 3 aliphatic rings. The van der Waals surface area contributed by atoms with Crippen molar-refractivity contribution in [2.24, 2.45) is 0 Å². The molecule has 5 rings (SSSR count). The van der Waals surface area contributed by atoms with E-state index in [4.69, 9.17) is 27.9 Å². The number of piperazine rings is 1. The summed E-state index contributed by atoms with van der Waals surface area (Å²) in [6, 6.07) is 13.1. The zero-order valence-corrected chi connectivity index (χ0v) is 23.2. The molecular weight excluding hydrogens is 525 g/mol. The molecule has 0 aromatic heterocycles. The number of methoxy groups -OCH3 is 1. The van der Waals surface area contributed by atoms with Gasteiger partial charge in [-0.2, -0.15) is 0 Å². The van der Waals surface area contributed by atoms with E-state index >= 15 is 0 Å². The van der Waals surface area contributed by atoms with Gasteiger partial charge in [0, 0.05) is 74.1 Å². The quantitative estimate of drug-likeness (QED) is 0.532. The van der Waals surface area contributed by atoms with Gasteiger partial charge in [-0.1, -0.05) is 41.4 Å². The molecule has 8 nitrogen and oxygen atoms in total. The summed E-state index contributed by atoms with van der Waals surface area (Å²) < 4.78 is 5.19. The largest absolute Gasteiger partial charge is 0.383 e. The number of ether oxygens (including phenoxy) is 1. The molecule has 204 valence electrons. The van der Waals surface area contributed by atoms with Crippen LogP contribution in [0.1, 0.15) is 30.4 Å². The summed E-state index contributed by atoms with van der Waals surface area (Å²) in [4.78, 5) is 33.8. The first-order valence-electron chi connectivity index (χ1n) is 13.3. The molecule has 2 fully saturated rings. The second-order valence-electron chi connectivity index (χ2n) is 10.3. The lowest BCUT2D eigenvalue weighted by Crippen LogP contribution is -2.64. The minimum atomic E-state index is -0.998. The van der Waals surface area contributed by atoms with Crippen LogP contribution in [0.5, 0.6) is 0 Å². The third-order valence-corrected chi connectivity index (χ3v) is 8.42. The minimum Gasteiger partial charge on any atom is -0.383 e. The molecule has 2 saturated heterocycles. The standard InChI is InChI=1S/C28H35Cl2N5O3/c1-38-16-15-33-11-13-34(14-12-33)27(37)32-25-7-2-3-10-35(25)28(19-20-5-4-6-21(29)17-20)23-9-8-22(30)18-24(23)31-26(28)36/h4-6,8-9,17-18,25H,2-3,7,10-16,19H2,1H3,(H,31,36)(H,32,37)/t25?,28-/m0/s1. The number of hydrogen-bond acceptors (Lipinski definition) is 5. The lowest BCUT2D eigenvalue weighted by molar-refractivity contribution is -0.131. The number of likely N-dealkylation sites (tertiary alicyclic amines) is 1. The predicted molar refractivity (Wildman–Crippen MR) is 150 cm³/mol. The van der Waals surface area contributed by atoms with Crippen molar-refractivity contribution < 1.29 is 14.3 Å². The third kappa shape index (κ3) is 5.51. The van der Waals surface area contributed by atoms with Gasteiger partial charge in [0.2, 0.25) is 5.91 Å². The molecule has 2 atom stereocenters. The number of anilines is 1. The van der Waals surface area contributed by atoms with Crippen molar-refractivity contribution in [3.8, 4) is 0 Å². The molecule has 0 spiro atoms. The number of fused-ring (bicyclic) bond motifs is 1.